The summed E-state index contributed by atoms with van der Waals surface area (Å²) in [5.41, 5.74) is 0.291. The van der Waals surface area contributed by atoms with Crippen LogP contribution in [0.3, 0.4) is 0 Å². The first-order chi connectivity index (χ1) is 12.5. The van der Waals surface area contributed by atoms with Crippen molar-refractivity contribution in [3.8, 4) is 5.75 Å². The Hall–Kier alpha value is -2.61. The van der Waals surface area contributed by atoms with Crippen LogP contribution < -0.4 is 14.4 Å². The molecular formula is C19H21FN2O4S. The lowest BCUT2D eigenvalue weighted by molar-refractivity contribution is -0.127. The molecule has 2 aromatic rings. The second kappa shape index (κ2) is 6.53. The SMILES string of the molecule is Cc1cc(S(=O)(=O)Nc2ccc3c(c2)N(C)C(=O)C(C)(C)CO3)ccc1F. The normalized spacial score (nSPS) is 16.3. The van der Waals surface area contributed by atoms with Crippen LogP contribution in [0.25, 0.3) is 0 Å². The third-order valence-corrected chi connectivity index (χ3v) is 5.86. The van der Waals surface area contributed by atoms with E-state index in [4.69, 9.17) is 4.74 Å². The molecule has 1 heterocycles. The number of fused-ring (bicyclic) bond motifs is 1. The zero-order valence-electron chi connectivity index (χ0n) is 15.5. The number of rotatable bonds is 3. The molecule has 1 aliphatic rings. The largest absolute Gasteiger partial charge is 0.490 e. The molecule has 0 bridgehead atoms. The maximum atomic E-state index is 13.4. The lowest BCUT2D eigenvalue weighted by Crippen LogP contribution is -2.39. The van der Waals surface area contributed by atoms with Crippen LogP contribution in [0.1, 0.15) is 19.4 Å². The van der Waals surface area contributed by atoms with Gasteiger partial charge in [0.1, 0.15) is 18.2 Å². The molecule has 3 rings (SSSR count). The zero-order valence-corrected chi connectivity index (χ0v) is 16.4. The number of nitrogens with zero attached hydrogens (tertiary/aromatic N) is 1. The fourth-order valence-electron chi connectivity index (χ4n) is 2.85. The second-order valence-corrected chi connectivity index (χ2v) is 8.92. The van der Waals surface area contributed by atoms with Gasteiger partial charge in [-0.2, -0.15) is 0 Å². The zero-order chi connectivity index (χ0) is 20.0. The number of amides is 1. The third kappa shape index (κ3) is 3.62. The number of aryl methyl sites for hydroxylation is 1. The van der Waals surface area contributed by atoms with Gasteiger partial charge < -0.3 is 9.64 Å². The Morgan fingerprint density at radius 2 is 1.89 bits per heavy atom. The minimum atomic E-state index is -3.90. The fraction of sp³-hybridized carbons (Fsp3) is 0.316. The number of ether oxygens (including phenoxy) is 1. The topological polar surface area (TPSA) is 75.7 Å². The highest BCUT2D eigenvalue weighted by Gasteiger charge is 2.36. The molecular weight excluding hydrogens is 371 g/mol. The number of sulfonamides is 1. The van der Waals surface area contributed by atoms with Crippen molar-refractivity contribution in [2.45, 2.75) is 25.7 Å². The van der Waals surface area contributed by atoms with Crippen molar-refractivity contribution in [2.75, 3.05) is 23.3 Å². The van der Waals surface area contributed by atoms with Gasteiger partial charge in [0.25, 0.3) is 10.0 Å². The molecule has 27 heavy (non-hydrogen) atoms. The van der Waals surface area contributed by atoms with Crippen LogP contribution in [0.4, 0.5) is 15.8 Å². The van der Waals surface area contributed by atoms with Gasteiger partial charge in [0.2, 0.25) is 5.91 Å². The molecule has 8 heteroatoms. The minimum absolute atomic E-state index is 0.0434. The van der Waals surface area contributed by atoms with Gasteiger partial charge in [0, 0.05) is 7.05 Å². The van der Waals surface area contributed by atoms with Gasteiger partial charge in [-0.15, -0.1) is 0 Å². The minimum Gasteiger partial charge on any atom is -0.490 e. The molecule has 0 spiro atoms. The van der Waals surface area contributed by atoms with Crippen LogP contribution in [0, 0.1) is 18.2 Å². The molecule has 0 unspecified atom stereocenters. The van der Waals surface area contributed by atoms with Gasteiger partial charge in [-0.1, -0.05) is 0 Å². The van der Waals surface area contributed by atoms with E-state index in [0.717, 1.165) is 6.07 Å². The molecule has 0 fully saturated rings. The molecule has 0 saturated heterocycles. The van der Waals surface area contributed by atoms with E-state index in [1.165, 1.54) is 24.0 Å². The van der Waals surface area contributed by atoms with Crippen molar-refractivity contribution in [1.29, 1.82) is 0 Å². The highest BCUT2D eigenvalue weighted by molar-refractivity contribution is 7.92. The summed E-state index contributed by atoms with van der Waals surface area (Å²) in [6.45, 7) is 5.30. The molecule has 2 aromatic carbocycles. The summed E-state index contributed by atoms with van der Waals surface area (Å²) in [5.74, 6) is -0.105. The van der Waals surface area contributed by atoms with Gasteiger partial charge >= 0.3 is 0 Å². The van der Waals surface area contributed by atoms with Gasteiger partial charge in [-0.05, 0) is 62.7 Å². The van der Waals surface area contributed by atoms with Crippen molar-refractivity contribution < 1.29 is 22.3 Å². The van der Waals surface area contributed by atoms with E-state index in [1.54, 1.807) is 39.1 Å². The van der Waals surface area contributed by atoms with Crippen molar-refractivity contribution in [3.63, 3.8) is 0 Å². The van der Waals surface area contributed by atoms with E-state index in [2.05, 4.69) is 4.72 Å². The first-order valence-corrected chi connectivity index (χ1v) is 9.83. The van der Waals surface area contributed by atoms with E-state index < -0.39 is 21.3 Å². The number of nitrogens with one attached hydrogen (secondary N) is 1. The van der Waals surface area contributed by atoms with Gasteiger partial charge in [-0.25, -0.2) is 12.8 Å². The number of anilines is 2. The Kier molecular flexibility index (Phi) is 4.63. The molecule has 0 atom stereocenters. The molecule has 1 amide bonds. The molecule has 1 aliphatic heterocycles. The lowest BCUT2D eigenvalue weighted by Gasteiger charge is -2.24. The number of hydrogen-bond donors (Lipinski definition) is 1. The highest BCUT2D eigenvalue weighted by Crippen LogP contribution is 2.37. The smallest absolute Gasteiger partial charge is 0.261 e. The van der Waals surface area contributed by atoms with E-state index in [9.17, 15) is 17.6 Å². The summed E-state index contributed by atoms with van der Waals surface area (Å²) in [5, 5.41) is 0. The Morgan fingerprint density at radius 3 is 2.56 bits per heavy atom. The average Bonchev–Trinajstić information content (AvgIpc) is 2.68. The number of carbonyl (C=O) groups excluding carboxylic acids is 1. The van der Waals surface area contributed by atoms with Gasteiger partial charge in [0.05, 0.1) is 21.7 Å². The molecule has 0 radical (unpaired) electrons. The van der Waals surface area contributed by atoms with E-state index in [0.29, 0.717) is 11.4 Å². The summed E-state index contributed by atoms with van der Waals surface area (Å²) in [6.07, 6.45) is 0. The van der Waals surface area contributed by atoms with Crippen LogP contribution in [-0.4, -0.2) is 28.0 Å². The van der Waals surface area contributed by atoms with Crippen LogP contribution in [0.2, 0.25) is 0 Å². The molecule has 0 aromatic heterocycles. The molecule has 1 N–H and O–H groups in total. The van der Waals surface area contributed by atoms with Crippen molar-refractivity contribution in [2.24, 2.45) is 5.41 Å². The summed E-state index contributed by atoms with van der Waals surface area (Å²) in [7, 11) is -2.28. The van der Waals surface area contributed by atoms with E-state index in [1.807, 2.05) is 0 Å². The first kappa shape index (κ1) is 19.2. The summed E-state index contributed by atoms with van der Waals surface area (Å²) < 4.78 is 46.8. The maximum absolute atomic E-state index is 13.4. The summed E-state index contributed by atoms with van der Waals surface area (Å²) in [4.78, 5) is 14.0. The number of benzene rings is 2. The van der Waals surface area contributed by atoms with Gasteiger partial charge in [0.15, 0.2) is 0 Å². The summed E-state index contributed by atoms with van der Waals surface area (Å²) in [6, 6.07) is 8.31. The predicted octanol–water partition coefficient (Wildman–Crippen LogP) is 3.32. The fourth-order valence-corrected chi connectivity index (χ4v) is 3.98. The monoisotopic (exact) mass is 392 g/mol. The quantitative estimate of drug-likeness (QED) is 0.870. The standard InChI is InChI=1S/C19H21FN2O4S/c1-12-9-14(6-7-15(12)20)27(24,25)21-13-5-8-17-16(10-13)22(4)18(23)19(2,3)11-26-17/h5-10,21H,11H2,1-4H3. The first-order valence-electron chi connectivity index (χ1n) is 8.35. The molecule has 0 saturated carbocycles. The van der Waals surface area contributed by atoms with Crippen LogP contribution in [0.15, 0.2) is 41.3 Å². The summed E-state index contributed by atoms with van der Waals surface area (Å²) >= 11 is 0. The van der Waals surface area contributed by atoms with Crippen molar-refractivity contribution >= 4 is 27.3 Å². The highest BCUT2D eigenvalue weighted by atomic mass is 32.2. The van der Waals surface area contributed by atoms with Crippen LogP contribution in [-0.2, 0) is 14.8 Å². The van der Waals surface area contributed by atoms with Crippen LogP contribution >= 0.6 is 0 Å². The maximum Gasteiger partial charge on any atom is 0.261 e. The third-order valence-electron chi connectivity index (χ3n) is 4.48. The Bertz CT molecular complexity index is 1020. The number of hydrogen-bond acceptors (Lipinski definition) is 4. The Labute approximate surface area is 158 Å². The van der Waals surface area contributed by atoms with E-state index in [-0.39, 0.29) is 28.7 Å². The van der Waals surface area contributed by atoms with Crippen molar-refractivity contribution in [3.05, 3.63) is 47.8 Å². The number of halogens is 1. The Morgan fingerprint density at radius 1 is 1.19 bits per heavy atom. The van der Waals surface area contributed by atoms with Crippen molar-refractivity contribution in [1.82, 2.24) is 0 Å². The molecule has 0 aliphatic carbocycles. The predicted molar refractivity (Wildman–Crippen MR) is 101 cm³/mol. The van der Waals surface area contributed by atoms with E-state index >= 15 is 0 Å². The molecule has 144 valence electrons. The van der Waals surface area contributed by atoms with Crippen LogP contribution in [0.5, 0.6) is 5.75 Å². The molecule has 6 nitrogen and oxygen atoms in total. The van der Waals surface area contributed by atoms with Gasteiger partial charge in [-0.3, -0.25) is 9.52 Å². The second-order valence-electron chi connectivity index (χ2n) is 7.24. The Balaban J connectivity index is 1.95. The lowest BCUT2D eigenvalue weighted by atomic mass is 9.93. The number of carbonyl (C=O) groups is 1. The average molecular weight is 392 g/mol.